The number of aryl methyl sites for hydroxylation is 1. The minimum absolute atomic E-state index is 0.0998. The number of hydrogen-bond donors (Lipinski definition) is 2. The van der Waals surface area contributed by atoms with Crippen LogP contribution < -0.4 is 10.6 Å². The summed E-state index contributed by atoms with van der Waals surface area (Å²) < 4.78 is 42.9. The van der Waals surface area contributed by atoms with Crippen molar-refractivity contribution in [3.63, 3.8) is 0 Å². The van der Waals surface area contributed by atoms with Crippen molar-refractivity contribution in [1.29, 1.82) is 0 Å². The Morgan fingerprint density at radius 1 is 1.10 bits per heavy atom. The van der Waals surface area contributed by atoms with Crippen LogP contribution in [0.25, 0.3) is 11.4 Å². The smallest absolute Gasteiger partial charge is 0.376 e. The second-order valence-corrected chi connectivity index (χ2v) is 9.48. The summed E-state index contributed by atoms with van der Waals surface area (Å²) in [5.74, 6) is -2.16. The molecule has 3 aromatic rings. The van der Waals surface area contributed by atoms with E-state index in [0.717, 1.165) is 12.1 Å². The van der Waals surface area contributed by atoms with Crippen molar-refractivity contribution in [2.45, 2.75) is 33.1 Å². The number of likely N-dealkylation sites (N-methyl/N-ethyl adjacent to an activating group) is 2. The number of amides is 2. The summed E-state index contributed by atoms with van der Waals surface area (Å²) in [6, 6.07) is 12.8. The van der Waals surface area contributed by atoms with Crippen molar-refractivity contribution >= 4 is 17.5 Å². The third-order valence-electron chi connectivity index (χ3n) is 6.69. The lowest BCUT2D eigenvalue weighted by molar-refractivity contribution is -0.159. The first-order chi connectivity index (χ1) is 19.1. The molecule has 2 N–H and O–H groups in total. The standard InChI is InChI=1S/C27H32F3N7O3/c1-4-31-11-12-36(17-24(39)35(3)37-15-20-7-5-6-8-21(20)16-37)23(38)14-32-22-13-19(10-9-18(22)2)25-33-26(40-34-25)27(28,29)30/h5-10,13,31-32H,4,11-12,14-17H2,1-3H3. The van der Waals surface area contributed by atoms with E-state index in [1.54, 1.807) is 37.2 Å². The number of fused-ring (bicyclic) bond motifs is 1. The molecule has 0 saturated heterocycles. The van der Waals surface area contributed by atoms with E-state index in [1.165, 1.54) is 16.0 Å². The van der Waals surface area contributed by atoms with E-state index in [0.29, 0.717) is 37.4 Å². The van der Waals surface area contributed by atoms with Crippen molar-refractivity contribution in [2.75, 3.05) is 45.1 Å². The molecule has 10 nitrogen and oxygen atoms in total. The molecule has 1 aliphatic heterocycles. The number of halogens is 3. The Balaban J connectivity index is 1.40. The van der Waals surface area contributed by atoms with Gasteiger partial charge in [0.15, 0.2) is 0 Å². The van der Waals surface area contributed by atoms with Crippen LogP contribution in [0.15, 0.2) is 47.0 Å². The molecule has 214 valence electrons. The maximum atomic E-state index is 13.2. The molecule has 2 heterocycles. The maximum absolute atomic E-state index is 13.2. The van der Waals surface area contributed by atoms with Crippen LogP contribution in [0, 0.1) is 6.92 Å². The van der Waals surface area contributed by atoms with Crippen molar-refractivity contribution in [1.82, 2.24) is 30.4 Å². The lowest BCUT2D eigenvalue weighted by Crippen LogP contribution is -2.49. The molecule has 40 heavy (non-hydrogen) atoms. The number of carbonyl (C=O) groups excluding carboxylic acids is 2. The molecule has 0 unspecified atom stereocenters. The SMILES string of the molecule is CCNCCN(CC(=O)N(C)N1Cc2ccccc2C1)C(=O)CNc1cc(-c2noc(C(F)(F)F)n2)ccc1C. The first kappa shape index (κ1) is 29.0. The third-order valence-corrected chi connectivity index (χ3v) is 6.69. The number of nitrogens with zero attached hydrogens (tertiary/aromatic N) is 5. The summed E-state index contributed by atoms with van der Waals surface area (Å²) in [6.45, 7) is 6.33. The molecule has 1 aliphatic rings. The average molecular weight is 560 g/mol. The van der Waals surface area contributed by atoms with Crippen molar-refractivity contribution in [2.24, 2.45) is 0 Å². The largest absolute Gasteiger partial charge is 0.471 e. The number of rotatable bonds is 11. The Hall–Kier alpha value is -3.97. The molecule has 13 heteroatoms. The Morgan fingerprint density at radius 2 is 1.80 bits per heavy atom. The molecule has 0 bridgehead atoms. The molecular weight excluding hydrogens is 527 g/mol. The highest BCUT2D eigenvalue weighted by molar-refractivity contribution is 5.87. The molecule has 0 saturated carbocycles. The minimum atomic E-state index is -4.75. The van der Waals surface area contributed by atoms with E-state index in [9.17, 15) is 22.8 Å². The number of carbonyl (C=O) groups is 2. The number of anilines is 1. The first-order valence-electron chi connectivity index (χ1n) is 12.9. The van der Waals surface area contributed by atoms with Gasteiger partial charge in [0.05, 0.1) is 6.54 Å². The fraction of sp³-hybridized carbons (Fsp3) is 0.407. The van der Waals surface area contributed by atoms with Gasteiger partial charge in [0.1, 0.15) is 6.54 Å². The third kappa shape index (κ3) is 6.96. The van der Waals surface area contributed by atoms with Gasteiger partial charge in [-0.15, -0.1) is 0 Å². The molecule has 2 amide bonds. The van der Waals surface area contributed by atoms with E-state index in [1.807, 2.05) is 36.2 Å². The molecule has 0 atom stereocenters. The highest BCUT2D eigenvalue weighted by atomic mass is 19.4. The highest BCUT2D eigenvalue weighted by Crippen LogP contribution is 2.30. The van der Waals surface area contributed by atoms with E-state index in [-0.39, 0.29) is 30.7 Å². The number of hydrogen-bond acceptors (Lipinski definition) is 8. The predicted molar refractivity (Wildman–Crippen MR) is 142 cm³/mol. The predicted octanol–water partition coefficient (Wildman–Crippen LogP) is 3.30. The van der Waals surface area contributed by atoms with Gasteiger partial charge in [-0.05, 0) is 36.2 Å². The number of alkyl halides is 3. The van der Waals surface area contributed by atoms with E-state index < -0.39 is 12.1 Å². The molecule has 0 spiro atoms. The van der Waals surface area contributed by atoms with Gasteiger partial charge in [0.2, 0.25) is 11.7 Å². The quantitative estimate of drug-likeness (QED) is 0.345. The lowest BCUT2D eigenvalue weighted by atomic mass is 10.1. The van der Waals surface area contributed by atoms with Gasteiger partial charge in [-0.25, -0.2) is 5.01 Å². The molecule has 0 fully saturated rings. The fourth-order valence-corrected chi connectivity index (χ4v) is 4.32. The molecule has 0 radical (unpaired) electrons. The van der Waals surface area contributed by atoms with Crippen LogP contribution in [0.3, 0.4) is 0 Å². The van der Waals surface area contributed by atoms with Crippen LogP contribution in [0.4, 0.5) is 18.9 Å². The van der Waals surface area contributed by atoms with Crippen molar-refractivity contribution in [3.8, 4) is 11.4 Å². The van der Waals surface area contributed by atoms with Crippen molar-refractivity contribution in [3.05, 3.63) is 65.0 Å². The van der Waals surface area contributed by atoms with Gasteiger partial charge < -0.3 is 20.1 Å². The van der Waals surface area contributed by atoms with E-state index in [4.69, 9.17) is 0 Å². The van der Waals surface area contributed by atoms with E-state index in [2.05, 4.69) is 25.3 Å². The Kier molecular flexibility index (Phi) is 9.05. The van der Waals surface area contributed by atoms with Gasteiger partial charge in [-0.3, -0.25) is 14.6 Å². The van der Waals surface area contributed by atoms with Gasteiger partial charge in [-0.1, -0.05) is 48.5 Å². The summed E-state index contributed by atoms with van der Waals surface area (Å²) in [5, 5.41) is 13.1. The van der Waals surface area contributed by atoms with Crippen LogP contribution in [0.2, 0.25) is 0 Å². The summed E-state index contributed by atoms with van der Waals surface area (Å²) in [7, 11) is 1.70. The van der Waals surface area contributed by atoms with Gasteiger partial charge in [-0.2, -0.15) is 18.2 Å². The van der Waals surface area contributed by atoms with Crippen LogP contribution >= 0.6 is 0 Å². The second kappa shape index (κ2) is 12.5. The normalized spacial score (nSPS) is 13.2. The molecule has 2 aromatic carbocycles. The number of hydrazine groups is 1. The summed E-state index contributed by atoms with van der Waals surface area (Å²) in [4.78, 5) is 31.3. The fourth-order valence-electron chi connectivity index (χ4n) is 4.32. The van der Waals surface area contributed by atoms with Crippen LogP contribution in [0.5, 0.6) is 0 Å². The van der Waals surface area contributed by atoms with E-state index >= 15 is 0 Å². The monoisotopic (exact) mass is 559 g/mol. The zero-order valence-electron chi connectivity index (χ0n) is 22.6. The van der Waals surface area contributed by atoms with Gasteiger partial charge in [0, 0.05) is 44.5 Å². The van der Waals surface area contributed by atoms with Gasteiger partial charge in [0.25, 0.3) is 5.91 Å². The minimum Gasteiger partial charge on any atom is -0.376 e. The van der Waals surface area contributed by atoms with Crippen molar-refractivity contribution < 1.29 is 27.3 Å². The maximum Gasteiger partial charge on any atom is 0.471 e. The topological polar surface area (TPSA) is 107 Å². The lowest BCUT2D eigenvalue weighted by Gasteiger charge is -2.31. The average Bonchev–Trinajstić information content (AvgIpc) is 3.59. The zero-order chi connectivity index (χ0) is 28.9. The summed E-state index contributed by atoms with van der Waals surface area (Å²) >= 11 is 0. The Morgan fingerprint density at radius 3 is 2.42 bits per heavy atom. The number of aromatic nitrogens is 2. The molecule has 0 aliphatic carbocycles. The zero-order valence-corrected chi connectivity index (χ0v) is 22.6. The molecular formula is C27H32F3N7O3. The summed E-state index contributed by atoms with van der Waals surface area (Å²) in [6.07, 6.45) is -4.75. The van der Waals surface area contributed by atoms with Crippen LogP contribution in [-0.2, 0) is 28.9 Å². The highest BCUT2D eigenvalue weighted by Gasteiger charge is 2.38. The second-order valence-electron chi connectivity index (χ2n) is 9.48. The number of nitrogens with one attached hydrogen (secondary N) is 2. The Labute approximate surface area is 230 Å². The van der Waals surface area contributed by atoms with Crippen LogP contribution in [-0.4, -0.2) is 76.6 Å². The van der Waals surface area contributed by atoms with Gasteiger partial charge >= 0.3 is 12.1 Å². The molecule has 4 rings (SSSR count). The number of benzene rings is 2. The summed E-state index contributed by atoms with van der Waals surface area (Å²) in [5.41, 5.74) is 3.92. The Bertz CT molecular complexity index is 1320. The molecule has 1 aromatic heterocycles. The first-order valence-corrected chi connectivity index (χ1v) is 12.9. The van der Waals surface area contributed by atoms with Crippen LogP contribution in [0.1, 0.15) is 29.5 Å².